The molecule has 0 aliphatic rings. The van der Waals surface area contributed by atoms with Crippen LogP contribution in [0.2, 0.25) is 0 Å². The maximum absolute atomic E-state index is 13.7. The highest BCUT2D eigenvalue weighted by molar-refractivity contribution is 7.98. The first-order valence-electron chi connectivity index (χ1n) is 4.01. The van der Waals surface area contributed by atoms with Crippen molar-refractivity contribution in [2.45, 2.75) is 11.4 Å². The van der Waals surface area contributed by atoms with Crippen molar-refractivity contribution in [3.05, 3.63) is 23.5 Å². The third kappa shape index (κ3) is 2.17. The van der Waals surface area contributed by atoms with E-state index >= 15 is 0 Å². The summed E-state index contributed by atoms with van der Waals surface area (Å²) in [4.78, 5) is 0.459. The fraction of sp³-hybridized carbons (Fsp3) is 0.333. The molecule has 3 nitrogen and oxygen atoms in total. The van der Waals surface area contributed by atoms with Crippen molar-refractivity contribution in [3.8, 4) is 5.75 Å². The largest absolute Gasteiger partial charge is 0.495 e. The average Bonchev–Trinajstić information content (AvgIpc) is 2.21. The number of halogens is 1. The van der Waals surface area contributed by atoms with Gasteiger partial charge in [0.2, 0.25) is 0 Å². The van der Waals surface area contributed by atoms with Gasteiger partial charge in [-0.15, -0.1) is 11.8 Å². The molecule has 14 heavy (non-hydrogen) atoms. The number of methoxy groups -OCH3 is 1. The van der Waals surface area contributed by atoms with E-state index in [4.69, 9.17) is 9.94 Å². The van der Waals surface area contributed by atoms with Gasteiger partial charge in [0.25, 0.3) is 0 Å². The molecule has 0 amide bonds. The second-order valence-corrected chi connectivity index (χ2v) is 3.43. The number of nitrogens with one attached hydrogen (secondary N) is 1. The van der Waals surface area contributed by atoms with Crippen LogP contribution in [-0.4, -0.2) is 18.6 Å². The molecule has 1 aromatic carbocycles. The summed E-state index contributed by atoms with van der Waals surface area (Å²) in [5, 5.41) is 8.48. The highest BCUT2D eigenvalue weighted by Crippen LogP contribution is 2.31. The summed E-state index contributed by atoms with van der Waals surface area (Å²) in [5.41, 5.74) is 2.34. The van der Waals surface area contributed by atoms with Crippen LogP contribution < -0.4 is 10.2 Å². The van der Waals surface area contributed by atoms with Crippen LogP contribution >= 0.6 is 11.8 Å². The molecule has 0 unspecified atom stereocenters. The zero-order valence-corrected chi connectivity index (χ0v) is 8.82. The molecule has 0 saturated carbocycles. The van der Waals surface area contributed by atoms with Crippen molar-refractivity contribution >= 4 is 11.8 Å². The van der Waals surface area contributed by atoms with Gasteiger partial charge in [0.05, 0.1) is 12.0 Å². The minimum atomic E-state index is -0.349. The minimum absolute atomic E-state index is 0.0867. The molecule has 1 rings (SSSR count). The van der Waals surface area contributed by atoms with E-state index in [9.17, 15) is 4.39 Å². The first-order valence-corrected chi connectivity index (χ1v) is 5.23. The second-order valence-electron chi connectivity index (χ2n) is 2.61. The molecule has 1 aromatic rings. The Bertz CT molecular complexity index is 320. The molecule has 0 aliphatic carbocycles. The lowest BCUT2D eigenvalue weighted by molar-refractivity contribution is 0.159. The van der Waals surface area contributed by atoms with Gasteiger partial charge in [-0.25, -0.2) is 9.87 Å². The highest BCUT2D eigenvalue weighted by atomic mass is 32.2. The number of ether oxygens (including phenoxy) is 1. The van der Waals surface area contributed by atoms with Crippen LogP contribution in [-0.2, 0) is 6.54 Å². The maximum Gasteiger partial charge on any atom is 0.145 e. The van der Waals surface area contributed by atoms with Crippen molar-refractivity contribution in [3.63, 3.8) is 0 Å². The van der Waals surface area contributed by atoms with Gasteiger partial charge in [-0.3, -0.25) is 0 Å². The summed E-state index contributed by atoms with van der Waals surface area (Å²) >= 11 is 1.28. The molecule has 0 heterocycles. The molecule has 0 aliphatic heterocycles. The third-order valence-corrected chi connectivity index (χ3v) is 2.62. The fourth-order valence-corrected chi connectivity index (χ4v) is 1.81. The fourth-order valence-electron chi connectivity index (χ4n) is 1.15. The number of benzene rings is 1. The van der Waals surface area contributed by atoms with Gasteiger partial charge in [0.15, 0.2) is 0 Å². The molecular formula is C9H12FNO2S. The quantitative estimate of drug-likeness (QED) is 0.598. The third-order valence-electron chi connectivity index (χ3n) is 1.83. The van der Waals surface area contributed by atoms with Crippen LogP contribution in [0.1, 0.15) is 5.56 Å². The molecule has 5 heteroatoms. The van der Waals surface area contributed by atoms with Crippen LogP contribution in [0.15, 0.2) is 17.0 Å². The van der Waals surface area contributed by atoms with Gasteiger partial charge in [-0.2, -0.15) is 0 Å². The Kier molecular flexibility index (Phi) is 4.19. The summed E-state index contributed by atoms with van der Waals surface area (Å²) in [6.07, 6.45) is 1.77. The highest BCUT2D eigenvalue weighted by Gasteiger charge is 2.12. The summed E-state index contributed by atoms with van der Waals surface area (Å²) in [5.74, 6) is 0.162. The van der Waals surface area contributed by atoms with Gasteiger partial charge in [-0.05, 0) is 12.3 Å². The molecule has 0 aromatic heterocycles. The van der Waals surface area contributed by atoms with Crippen LogP contribution in [0, 0.1) is 5.82 Å². The van der Waals surface area contributed by atoms with Crippen molar-refractivity contribution < 1.29 is 14.3 Å². The van der Waals surface area contributed by atoms with E-state index < -0.39 is 0 Å². The van der Waals surface area contributed by atoms with E-state index in [0.717, 1.165) is 0 Å². The maximum atomic E-state index is 13.7. The van der Waals surface area contributed by atoms with Crippen LogP contribution in [0.3, 0.4) is 0 Å². The molecule has 0 radical (unpaired) electrons. The molecule has 0 bridgehead atoms. The molecule has 0 atom stereocenters. The molecule has 0 spiro atoms. The number of rotatable bonds is 4. The van der Waals surface area contributed by atoms with E-state index in [1.807, 2.05) is 5.48 Å². The zero-order chi connectivity index (χ0) is 10.6. The lowest BCUT2D eigenvalue weighted by Crippen LogP contribution is -2.08. The van der Waals surface area contributed by atoms with E-state index in [0.29, 0.717) is 16.2 Å². The summed E-state index contributed by atoms with van der Waals surface area (Å²) in [6, 6.07) is 3.26. The van der Waals surface area contributed by atoms with E-state index in [-0.39, 0.29) is 12.4 Å². The predicted octanol–water partition coefficient (Wildman–Crippen LogP) is 2.04. The zero-order valence-electron chi connectivity index (χ0n) is 8.00. The van der Waals surface area contributed by atoms with Crippen molar-refractivity contribution in [1.29, 1.82) is 0 Å². The van der Waals surface area contributed by atoms with E-state index in [2.05, 4.69) is 0 Å². The minimum Gasteiger partial charge on any atom is -0.495 e. The Labute approximate surface area is 86.2 Å². The lowest BCUT2D eigenvalue weighted by Gasteiger charge is -2.10. The standard InChI is InChI=1S/C9H12FNO2S/c1-13-7-4-3-6(5-11-12)8(10)9(7)14-2/h3-4,11-12H,5H2,1-2H3. The number of thioether (sulfide) groups is 1. The van der Waals surface area contributed by atoms with Crippen LogP contribution in [0.4, 0.5) is 4.39 Å². The SMILES string of the molecule is COc1ccc(CNO)c(F)c1SC. The van der Waals surface area contributed by atoms with Gasteiger partial charge >= 0.3 is 0 Å². The normalized spacial score (nSPS) is 10.3. The summed E-state index contributed by atoms with van der Waals surface area (Å²) < 4.78 is 18.7. The Balaban J connectivity index is 3.13. The van der Waals surface area contributed by atoms with Crippen molar-refractivity contribution in [2.24, 2.45) is 0 Å². The average molecular weight is 217 g/mol. The first-order chi connectivity index (χ1) is 6.74. The van der Waals surface area contributed by atoms with Gasteiger partial charge in [0.1, 0.15) is 11.6 Å². The topological polar surface area (TPSA) is 41.5 Å². The summed E-state index contributed by atoms with van der Waals surface area (Å²) in [7, 11) is 1.50. The van der Waals surface area contributed by atoms with Gasteiger partial charge < -0.3 is 9.94 Å². The van der Waals surface area contributed by atoms with Crippen LogP contribution in [0.5, 0.6) is 5.75 Å². The monoisotopic (exact) mass is 217 g/mol. The van der Waals surface area contributed by atoms with Gasteiger partial charge in [-0.1, -0.05) is 6.07 Å². The molecule has 0 fully saturated rings. The predicted molar refractivity (Wildman–Crippen MR) is 53.4 cm³/mol. The van der Waals surface area contributed by atoms with Crippen molar-refractivity contribution in [1.82, 2.24) is 5.48 Å². The Morgan fingerprint density at radius 2 is 2.29 bits per heavy atom. The lowest BCUT2D eigenvalue weighted by atomic mass is 10.2. The number of hydrogen-bond donors (Lipinski definition) is 2. The number of hydroxylamine groups is 1. The van der Waals surface area contributed by atoms with Crippen molar-refractivity contribution in [2.75, 3.05) is 13.4 Å². The molecular weight excluding hydrogens is 205 g/mol. The van der Waals surface area contributed by atoms with Gasteiger partial charge in [0, 0.05) is 12.1 Å². The molecule has 0 saturated heterocycles. The molecule has 78 valence electrons. The summed E-state index contributed by atoms with van der Waals surface area (Å²) in [6.45, 7) is 0.0867. The second kappa shape index (κ2) is 5.19. The van der Waals surface area contributed by atoms with E-state index in [1.54, 1.807) is 18.4 Å². The van der Waals surface area contributed by atoms with Crippen LogP contribution in [0.25, 0.3) is 0 Å². The smallest absolute Gasteiger partial charge is 0.145 e. The Morgan fingerprint density at radius 3 is 2.79 bits per heavy atom. The Morgan fingerprint density at radius 1 is 1.57 bits per heavy atom. The Hall–Kier alpha value is -0.780. The first kappa shape index (κ1) is 11.3. The van der Waals surface area contributed by atoms with E-state index in [1.165, 1.54) is 18.9 Å². The number of hydrogen-bond acceptors (Lipinski definition) is 4. The molecule has 2 N–H and O–H groups in total.